The van der Waals surface area contributed by atoms with Crippen LogP contribution in [0.3, 0.4) is 0 Å². The smallest absolute Gasteiger partial charge is 0.258 e. The van der Waals surface area contributed by atoms with Crippen LogP contribution < -0.4 is 10.1 Å². The summed E-state index contributed by atoms with van der Waals surface area (Å²) < 4.78 is 5.50. The number of halogens is 2. The van der Waals surface area contributed by atoms with Crippen molar-refractivity contribution >= 4 is 40.1 Å². The minimum atomic E-state index is -0.264. The minimum absolute atomic E-state index is 0.147. The Morgan fingerprint density at radius 3 is 2.73 bits per heavy atom. The number of carbonyl (C=O) groups excluding carboxylic acids is 1. The molecule has 136 valence electrons. The summed E-state index contributed by atoms with van der Waals surface area (Å²) in [5.41, 5.74) is 1.80. The zero-order valence-corrected chi connectivity index (χ0v) is 15.9. The molecule has 3 aromatic rings. The second-order valence-corrected chi connectivity index (χ2v) is 7.14. The first-order chi connectivity index (χ1) is 12.4. The van der Waals surface area contributed by atoms with Crippen LogP contribution in [0.2, 0.25) is 10.0 Å². The zero-order chi connectivity index (χ0) is 18.7. The van der Waals surface area contributed by atoms with Crippen molar-refractivity contribution in [3.05, 3.63) is 58.3 Å². The minimum Gasteiger partial charge on any atom is -0.482 e. The van der Waals surface area contributed by atoms with Crippen LogP contribution in [0.15, 0.2) is 42.5 Å². The Balaban J connectivity index is 1.69. The lowest BCUT2D eigenvalue weighted by Crippen LogP contribution is -2.35. The summed E-state index contributed by atoms with van der Waals surface area (Å²) in [6.07, 6.45) is 0. The van der Waals surface area contributed by atoms with Gasteiger partial charge in [0, 0.05) is 11.1 Å². The molecule has 0 bridgehead atoms. The molecule has 1 atom stereocenters. The first-order valence-corrected chi connectivity index (χ1v) is 9.01. The molecule has 2 aromatic carbocycles. The van der Waals surface area contributed by atoms with Gasteiger partial charge >= 0.3 is 0 Å². The van der Waals surface area contributed by atoms with Gasteiger partial charge in [-0.05, 0) is 30.2 Å². The number of nitrogens with zero attached hydrogens (tertiary/aromatic N) is 1. The lowest BCUT2D eigenvalue weighted by Gasteiger charge is -2.20. The summed E-state index contributed by atoms with van der Waals surface area (Å²) >= 11 is 12.0. The molecule has 1 aromatic heterocycles. The average molecular weight is 392 g/mol. The normalized spacial score (nSPS) is 12.3. The number of H-pyrrole nitrogens is 1. The number of aromatic nitrogens is 2. The van der Waals surface area contributed by atoms with Crippen molar-refractivity contribution in [3.63, 3.8) is 0 Å². The van der Waals surface area contributed by atoms with Gasteiger partial charge in [0.25, 0.3) is 5.91 Å². The van der Waals surface area contributed by atoms with E-state index < -0.39 is 0 Å². The topological polar surface area (TPSA) is 67.0 Å². The molecule has 0 aliphatic heterocycles. The predicted molar refractivity (Wildman–Crippen MR) is 104 cm³/mol. The van der Waals surface area contributed by atoms with Crippen LogP contribution in [0.1, 0.15) is 25.7 Å². The van der Waals surface area contributed by atoms with Crippen molar-refractivity contribution in [1.29, 1.82) is 0 Å². The molecule has 1 unspecified atom stereocenters. The maximum absolute atomic E-state index is 12.4. The molecule has 7 heteroatoms. The third-order valence-electron chi connectivity index (χ3n) is 3.94. The molecular weight excluding hydrogens is 373 g/mol. The van der Waals surface area contributed by atoms with Crippen LogP contribution in [0.25, 0.3) is 11.0 Å². The number of hydrogen-bond acceptors (Lipinski definition) is 3. The van der Waals surface area contributed by atoms with Crippen LogP contribution in [0.5, 0.6) is 5.75 Å². The molecule has 0 spiro atoms. The number of hydrogen-bond donors (Lipinski definition) is 2. The molecule has 5 nitrogen and oxygen atoms in total. The Bertz CT molecular complexity index is 891. The van der Waals surface area contributed by atoms with Crippen molar-refractivity contribution < 1.29 is 9.53 Å². The largest absolute Gasteiger partial charge is 0.482 e. The third kappa shape index (κ3) is 4.29. The van der Waals surface area contributed by atoms with Gasteiger partial charge in [-0.3, -0.25) is 4.79 Å². The fraction of sp³-hybridized carbons (Fsp3) is 0.263. The summed E-state index contributed by atoms with van der Waals surface area (Å²) in [6.45, 7) is 3.88. The standard InChI is InChI=1S/C19H19Cl2N3O2/c1-11(2)18(19-22-14-5-3-4-6-15(14)23-19)24-17(25)10-26-16-9-12(20)7-8-13(16)21/h3-9,11,18H,10H2,1-2H3,(H,22,23)(H,24,25). The molecule has 3 rings (SSSR count). The van der Waals surface area contributed by atoms with Crippen LogP contribution >= 0.6 is 23.2 Å². The second kappa shape index (κ2) is 7.98. The highest BCUT2D eigenvalue weighted by atomic mass is 35.5. The number of amides is 1. The molecule has 26 heavy (non-hydrogen) atoms. The van der Waals surface area contributed by atoms with Crippen LogP contribution in [-0.2, 0) is 4.79 Å². The number of nitrogens with one attached hydrogen (secondary N) is 2. The number of ether oxygens (including phenoxy) is 1. The van der Waals surface area contributed by atoms with Crippen LogP contribution in [0, 0.1) is 5.92 Å². The molecule has 0 aliphatic carbocycles. The van der Waals surface area contributed by atoms with E-state index >= 15 is 0 Å². The van der Waals surface area contributed by atoms with Gasteiger partial charge in [0.2, 0.25) is 0 Å². The number of benzene rings is 2. The van der Waals surface area contributed by atoms with Crippen molar-refractivity contribution in [2.45, 2.75) is 19.9 Å². The van der Waals surface area contributed by atoms with Crippen molar-refractivity contribution in [1.82, 2.24) is 15.3 Å². The van der Waals surface area contributed by atoms with E-state index in [4.69, 9.17) is 27.9 Å². The maximum Gasteiger partial charge on any atom is 0.258 e. The number of imidazole rings is 1. The van der Waals surface area contributed by atoms with E-state index in [2.05, 4.69) is 15.3 Å². The molecule has 0 fully saturated rings. The van der Waals surface area contributed by atoms with E-state index in [9.17, 15) is 4.79 Å². The van der Waals surface area contributed by atoms with Gasteiger partial charge < -0.3 is 15.0 Å². The van der Waals surface area contributed by atoms with E-state index in [1.54, 1.807) is 18.2 Å². The van der Waals surface area contributed by atoms with Crippen molar-refractivity contribution in [3.8, 4) is 5.75 Å². The Kier molecular flexibility index (Phi) is 5.69. The maximum atomic E-state index is 12.4. The lowest BCUT2D eigenvalue weighted by atomic mass is 10.0. The lowest BCUT2D eigenvalue weighted by molar-refractivity contribution is -0.124. The van der Waals surface area contributed by atoms with Gasteiger partial charge in [-0.1, -0.05) is 49.2 Å². The van der Waals surface area contributed by atoms with Gasteiger partial charge in [0.15, 0.2) is 6.61 Å². The molecule has 2 N–H and O–H groups in total. The molecule has 0 aliphatic rings. The SMILES string of the molecule is CC(C)C(NC(=O)COc1cc(Cl)ccc1Cl)c1nc2ccccc2[nH]1. The monoisotopic (exact) mass is 391 g/mol. The van der Waals surface area contributed by atoms with Gasteiger partial charge in [-0.15, -0.1) is 0 Å². The highest BCUT2D eigenvalue weighted by Crippen LogP contribution is 2.28. The summed E-state index contributed by atoms with van der Waals surface area (Å²) in [5, 5.41) is 3.86. The summed E-state index contributed by atoms with van der Waals surface area (Å²) in [4.78, 5) is 20.2. The molecule has 0 saturated carbocycles. The van der Waals surface area contributed by atoms with Crippen molar-refractivity contribution in [2.24, 2.45) is 5.92 Å². The van der Waals surface area contributed by atoms with E-state index in [0.29, 0.717) is 15.8 Å². The first kappa shape index (κ1) is 18.5. The number of rotatable bonds is 6. The third-order valence-corrected chi connectivity index (χ3v) is 4.48. The predicted octanol–water partition coefficient (Wildman–Crippen LogP) is 4.76. The fourth-order valence-electron chi connectivity index (χ4n) is 2.62. The Hall–Kier alpha value is -2.24. The van der Waals surface area contributed by atoms with Gasteiger partial charge in [0.05, 0.1) is 22.1 Å². The Morgan fingerprint density at radius 1 is 1.23 bits per heavy atom. The molecule has 0 radical (unpaired) electrons. The molecule has 1 amide bonds. The van der Waals surface area contributed by atoms with E-state index in [1.165, 1.54) is 0 Å². The first-order valence-electron chi connectivity index (χ1n) is 8.26. The van der Waals surface area contributed by atoms with Gasteiger partial charge in [0.1, 0.15) is 11.6 Å². The number of fused-ring (bicyclic) bond motifs is 1. The highest BCUT2D eigenvalue weighted by molar-refractivity contribution is 6.34. The zero-order valence-electron chi connectivity index (χ0n) is 14.4. The van der Waals surface area contributed by atoms with Gasteiger partial charge in [-0.2, -0.15) is 0 Å². The van der Waals surface area contributed by atoms with E-state index in [1.807, 2.05) is 38.1 Å². The average Bonchev–Trinajstić information content (AvgIpc) is 3.03. The molecular formula is C19H19Cl2N3O2. The van der Waals surface area contributed by atoms with E-state index in [-0.39, 0.29) is 24.5 Å². The fourth-order valence-corrected chi connectivity index (χ4v) is 2.95. The van der Waals surface area contributed by atoms with Crippen molar-refractivity contribution in [2.75, 3.05) is 6.61 Å². The highest BCUT2D eigenvalue weighted by Gasteiger charge is 2.22. The Morgan fingerprint density at radius 2 is 2.00 bits per heavy atom. The van der Waals surface area contributed by atoms with Gasteiger partial charge in [-0.25, -0.2) is 4.98 Å². The second-order valence-electron chi connectivity index (χ2n) is 6.29. The summed E-state index contributed by atoms with van der Waals surface area (Å²) in [7, 11) is 0. The van der Waals surface area contributed by atoms with E-state index in [0.717, 1.165) is 16.9 Å². The quantitative estimate of drug-likeness (QED) is 0.636. The molecule has 1 heterocycles. The van der Waals surface area contributed by atoms with Crippen LogP contribution in [0.4, 0.5) is 0 Å². The number of carbonyl (C=O) groups is 1. The summed E-state index contributed by atoms with van der Waals surface area (Å²) in [5.74, 6) is 0.976. The number of aromatic amines is 1. The molecule has 0 saturated heterocycles. The number of para-hydroxylation sites is 2. The Labute approximate surface area is 161 Å². The van der Waals surface area contributed by atoms with Crippen LogP contribution in [-0.4, -0.2) is 22.5 Å². The summed E-state index contributed by atoms with van der Waals surface area (Å²) in [6, 6.07) is 12.4.